The number of hydrogen-bond donors (Lipinski definition) is 0. The molecular formula is C11H16ClNO2S. The van der Waals surface area contributed by atoms with E-state index in [1.807, 2.05) is 18.9 Å². The van der Waals surface area contributed by atoms with Gasteiger partial charge in [-0.1, -0.05) is 0 Å². The molecule has 0 aromatic heterocycles. The molecule has 1 rings (SSSR count). The summed E-state index contributed by atoms with van der Waals surface area (Å²) >= 11 is 5.89. The van der Waals surface area contributed by atoms with Crippen molar-refractivity contribution < 1.29 is 8.42 Å². The largest absolute Gasteiger partial charge is 0.373 e. The van der Waals surface area contributed by atoms with Gasteiger partial charge in [0.15, 0.2) is 9.84 Å². The third-order valence-corrected chi connectivity index (χ3v) is 3.50. The van der Waals surface area contributed by atoms with E-state index in [1.54, 1.807) is 24.3 Å². The van der Waals surface area contributed by atoms with Crippen molar-refractivity contribution in [3.05, 3.63) is 24.3 Å². The van der Waals surface area contributed by atoms with Crippen LogP contribution in [-0.4, -0.2) is 33.6 Å². The van der Waals surface area contributed by atoms with E-state index >= 15 is 0 Å². The van der Waals surface area contributed by atoms with Gasteiger partial charge in [0.05, 0.1) is 4.90 Å². The summed E-state index contributed by atoms with van der Waals surface area (Å²) in [6.07, 6.45) is 1.20. The highest BCUT2D eigenvalue weighted by atomic mass is 35.5. The van der Waals surface area contributed by atoms with Crippen LogP contribution in [-0.2, 0) is 9.84 Å². The summed E-state index contributed by atoms with van der Waals surface area (Å²) in [6, 6.07) is 6.80. The Balaban J connectivity index is 2.87. The average Bonchev–Trinajstić information content (AvgIpc) is 2.15. The Morgan fingerprint density at radius 3 is 2.19 bits per heavy atom. The number of sulfone groups is 1. The highest BCUT2D eigenvalue weighted by Crippen LogP contribution is 2.17. The van der Waals surface area contributed by atoms with E-state index < -0.39 is 9.84 Å². The van der Waals surface area contributed by atoms with Gasteiger partial charge in [-0.15, -0.1) is 11.6 Å². The molecule has 0 saturated carbocycles. The lowest BCUT2D eigenvalue weighted by molar-refractivity contribution is 0.602. The fourth-order valence-electron chi connectivity index (χ4n) is 1.43. The smallest absolute Gasteiger partial charge is 0.175 e. The third kappa shape index (κ3) is 3.68. The molecule has 1 aromatic carbocycles. The molecule has 1 unspecified atom stereocenters. The van der Waals surface area contributed by atoms with Crippen LogP contribution in [0.5, 0.6) is 0 Å². The molecule has 0 N–H and O–H groups in total. The molecule has 0 radical (unpaired) electrons. The van der Waals surface area contributed by atoms with E-state index in [0.29, 0.717) is 4.90 Å². The van der Waals surface area contributed by atoms with Crippen LogP contribution in [0.4, 0.5) is 5.69 Å². The van der Waals surface area contributed by atoms with Crippen LogP contribution in [0.3, 0.4) is 0 Å². The van der Waals surface area contributed by atoms with Crippen molar-refractivity contribution in [1.82, 2.24) is 0 Å². The molecule has 0 aliphatic carbocycles. The topological polar surface area (TPSA) is 37.4 Å². The Morgan fingerprint density at radius 1 is 1.31 bits per heavy atom. The van der Waals surface area contributed by atoms with Crippen molar-refractivity contribution in [2.75, 3.05) is 24.7 Å². The number of benzene rings is 1. The number of hydrogen-bond acceptors (Lipinski definition) is 3. The van der Waals surface area contributed by atoms with Crippen LogP contribution in [0.1, 0.15) is 6.92 Å². The first-order valence-corrected chi connectivity index (χ1v) is 7.29. The molecule has 5 heteroatoms. The van der Waals surface area contributed by atoms with Crippen LogP contribution in [0.15, 0.2) is 29.2 Å². The molecular weight excluding hydrogens is 246 g/mol. The molecule has 90 valence electrons. The molecule has 0 bridgehead atoms. The van der Waals surface area contributed by atoms with Crippen LogP contribution >= 0.6 is 11.6 Å². The molecule has 0 aliphatic heterocycles. The van der Waals surface area contributed by atoms with Crippen LogP contribution in [0.25, 0.3) is 0 Å². The summed E-state index contributed by atoms with van der Waals surface area (Å²) < 4.78 is 22.5. The standard InChI is InChI=1S/C11H16ClNO2S/c1-9(12)8-13(2)10-4-6-11(7-5-10)16(3,14)15/h4-7,9H,8H2,1-3H3. The van der Waals surface area contributed by atoms with E-state index in [-0.39, 0.29) is 5.38 Å². The van der Waals surface area contributed by atoms with E-state index in [2.05, 4.69) is 0 Å². The molecule has 0 saturated heterocycles. The van der Waals surface area contributed by atoms with Crippen molar-refractivity contribution in [3.8, 4) is 0 Å². The number of alkyl halides is 1. The van der Waals surface area contributed by atoms with E-state index in [1.165, 1.54) is 6.26 Å². The van der Waals surface area contributed by atoms with Gasteiger partial charge in [0.2, 0.25) is 0 Å². The van der Waals surface area contributed by atoms with E-state index in [0.717, 1.165) is 12.2 Å². The monoisotopic (exact) mass is 261 g/mol. The van der Waals surface area contributed by atoms with Gasteiger partial charge in [0.25, 0.3) is 0 Å². The fourth-order valence-corrected chi connectivity index (χ4v) is 2.27. The van der Waals surface area contributed by atoms with Gasteiger partial charge in [-0.05, 0) is 31.2 Å². The van der Waals surface area contributed by atoms with Crippen LogP contribution in [0, 0.1) is 0 Å². The fraction of sp³-hybridized carbons (Fsp3) is 0.455. The van der Waals surface area contributed by atoms with Crippen molar-refractivity contribution >= 4 is 27.1 Å². The summed E-state index contributed by atoms with van der Waals surface area (Å²) in [6.45, 7) is 2.64. The second-order valence-corrected chi connectivity index (χ2v) is 6.69. The van der Waals surface area contributed by atoms with Gasteiger partial charge < -0.3 is 4.90 Å². The Kier molecular flexibility index (Phi) is 4.21. The summed E-state index contributed by atoms with van der Waals surface area (Å²) in [5, 5.41) is 0.0552. The lowest BCUT2D eigenvalue weighted by Crippen LogP contribution is -2.24. The van der Waals surface area contributed by atoms with Gasteiger partial charge in [-0.3, -0.25) is 0 Å². The number of rotatable bonds is 4. The second-order valence-electron chi connectivity index (χ2n) is 3.93. The van der Waals surface area contributed by atoms with Crippen molar-refractivity contribution in [2.24, 2.45) is 0 Å². The van der Waals surface area contributed by atoms with E-state index in [4.69, 9.17) is 11.6 Å². The molecule has 3 nitrogen and oxygen atoms in total. The van der Waals surface area contributed by atoms with Crippen molar-refractivity contribution in [2.45, 2.75) is 17.2 Å². The molecule has 1 aromatic rings. The Labute approximate surface area is 102 Å². The Hall–Kier alpha value is -0.740. The lowest BCUT2D eigenvalue weighted by Gasteiger charge is -2.20. The molecule has 0 spiro atoms. The predicted octanol–water partition coefficient (Wildman–Crippen LogP) is 2.15. The first-order chi connectivity index (χ1) is 7.30. The summed E-state index contributed by atoms with van der Waals surface area (Å²) in [4.78, 5) is 2.33. The highest BCUT2D eigenvalue weighted by Gasteiger charge is 2.08. The zero-order valence-corrected chi connectivity index (χ0v) is 11.2. The minimum atomic E-state index is -3.11. The Bertz CT molecular complexity index is 440. The van der Waals surface area contributed by atoms with Gasteiger partial charge >= 0.3 is 0 Å². The first kappa shape index (κ1) is 13.3. The van der Waals surface area contributed by atoms with E-state index in [9.17, 15) is 8.42 Å². The Morgan fingerprint density at radius 2 is 1.81 bits per heavy atom. The lowest BCUT2D eigenvalue weighted by atomic mass is 10.3. The molecule has 16 heavy (non-hydrogen) atoms. The van der Waals surface area contributed by atoms with Crippen LogP contribution in [0.2, 0.25) is 0 Å². The summed E-state index contributed by atoms with van der Waals surface area (Å²) in [7, 11) is -1.19. The average molecular weight is 262 g/mol. The number of halogens is 1. The molecule has 0 heterocycles. The minimum Gasteiger partial charge on any atom is -0.373 e. The van der Waals surface area contributed by atoms with Gasteiger partial charge in [0.1, 0.15) is 0 Å². The van der Waals surface area contributed by atoms with Crippen LogP contribution < -0.4 is 4.90 Å². The van der Waals surface area contributed by atoms with Crippen molar-refractivity contribution in [1.29, 1.82) is 0 Å². The molecule has 1 atom stereocenters. The summed E-state index contributed by atoms with van der Waals surface area (Å²) in [5.74, 6) is 0. The highest BCUT2D eigenvalue weighted by molar-refractivity contribution is 7.90. The second kappa shape index (κ2) is 5.06. The predicted molar refractivity (Wildman–Crippen MR) is 68.1 cm³/mol. The number of anilines is 1. The zero-order valence-electron chi connectivity index (χ0n) is 9.64. The molecule has 0 aliphatic rings. The van der Waals surface area contributed by atoms with Gasteiger partial charge in [-0.2, -0.15) is 0 Å². The quantitative estimate of drug-likeness (QED) is 0.780. The third-order valence-electron chi connectivity index (χ3n) is 2.23. The SMILES string of the molecule is CC(Cl)CN(C)c1ccc(S(C)(=O)=O)cc1. The first-order valence-electron chi connectivity index (χ1n) is 4.96. The van der Waals surface area contributed by atoms with Gasteiger partial charge in [0, 0.05) is 30.9 Å². The van der Waals surface area contributed by atoms with Gasteiger partial charge in [-0.25, -0.2) is 8.42 Å². The minimum absolute atomic E-state index is 0.0552. The maximum absolute atomic E-state index is 11.3. The molecule has 0 amide bonds. The zero-order chi connectivity index (χ0) is 12.3. The summed E-state index contributed by atoms with van der Waals surface area (Å²) in [5.41, 5.74) is 0.958. The maximum atomic E-state index is 11.3. The number of nitrogens with zero attached hydrogens (tertiary/aromatic N) is 1. The maximum Gasteiger partial charge on any atom is 0.175 e. The molecule has 0 fully saturated rings. The normalized spacial score (nSPS) is 13.5. The van der Waals surface area contributed by atoms with Crippen molar-refractivity contribution in [3.63, 3.8) is 0 Å².